The van der Waals surface area contributed by atoms with Crippen LogP contribution in [0.3, 0.4) is 0 Å². The Balaban J connectivity index is 2.02. The summed E-state index contributed by atoms with van der Waals surface area (Å²) in [4.78, 5) is 12.9. The third-order valence-electron chi connectivity index (χ3n) is 5.53. The fourth-order valence-corrected chi connectivity index (χ4v) is 5.18. The molecular formula is C29H26O4Si. The van der Waals surface area contributed by atoms with Gasteiger partial charge in [-0.05, 0) is 24.3 Å². The summed E-state index contributed by atoms with van der Waals surface area (Å²) < 4.78 is 19.6. The van der Waals surface area contributed by atoms with Gasteiger partial charge >= 0.3 is 5.97 Å². The topological polar surface area (TPSA) is 44.8 Å². The summed E-state index contributed by atoms with van der Waals surface area (Å²) in [5, 5.41) is 0. The lowest BCUT2D eigenvalue weighted by Crippen LogP contribution is -2.63. The predicted molar refractivity (Wildman–Crippen MR) is 137 cm³/mol. The molecule has 0 heterocycles. The van der Waals surface area contributed by atoms with Crippen LogP contribution in [-0.4, -0.2) is 21.6 Å². The molecule has 0 radical (unpaired) electrons. The first-order valence-corrected chi connectivity index (χ1v) is 12.0. The number of para-hydroxylation sites is 2. The minimum atomic E-state index is -1.43. The van der Waals surface area contributed by atoms with Gasteiger partial charge in [0, 0.05) is 17.2 Å². The number of hydrogen-bond donors (Lipinski definition) is 0. The van der Waals surface area contributed by atoms with Crippen LogP contribution in [0.5, 0.6) is 11.5 Å². The van der Waals surface area contributed by atoms with Crippen molar-refractivity contribution < 1.29 is 19.0 Å². The van der Waals surface area contributed by atoms with Gasteiger partial charge in [-0.1, -0.05) is 104 Å². The van der Waals surface area contributed by atoms with Gasteiger partial charge < -0.3 is 14.2 Å². The van der Waals surface area contributed by atoms with Crippen LogP contribution in [0.4, 0.5) is 0 Å². The summed E-state index contributed by atoms with van der Waals surface area (Å²) >= 11 is 0. The Labute approximate surface area is 202 Å². The molecule has 5 heteroatoms. The average molecular weight is 467 g/mol. The molecule has 170 valence electrons. The molecule has 4 nitrogen and oxygen atoms in total. The van der Waals surface area contributed by atoms with Crippen molar-refractivity contribution in [2.45, 2.75) is 11.0 Å². The van der Waals surface area contributed by atoms with Crippen LogP contribution < -0.4 is 9.47 Å². The first-order chi connectivity index (χ1) is 16.6. The molecule has 0 atom stereocenters. The lowest BCUT2D eigenvalue weighted by atomic mass is 9.84. The van der Waals surface area contributed by atoms with Crippen molar-refractivity contribution in [1.82, 2.24) is 0 Å². The summed E-state index contributed by atoms with van der Waals surface area (Å²) in [5.41, 5.74) is -1.38. The Bertz CT molecular complexity index is 1130. The molecule has 0 unspecified atom stereocenters. The van der Waals surface area contributed by atoms with Gasteiger partial charge in [-0.2, -0.15) is 0 Å². The minimum absolute atomic E-state index is 0.317. The number of carbonyl (C=O) groups is 1. The third-order valence-corrected chi connectivity index (χ3v) is 6.64. The highest BCUT2D eigenvalue weighted by atomic mass is 28.1. The summed E-state index contributed by atoms with van der Waals surface area (Å²) in [6.45, 7) is 3.64. The SMILES string of the molecule is C=CC(=O)OC(c1ccccc1)(c1ccccc1)C([SiH3])(Oc1ccccc1)Oc1ccccc1. The van der Waals surface area contributed by atoms with Crippen LogP contribution in [0.2, 0.25) is 0 Å². The first kappa shape index (κ1) is 23.1. The zero-order chi connectivity index (χ0) is 23.9. The van der Waals surface area contributed by atoms with Crippen molar-refractivity contribution in [1.29, 1.82) is 0 Å². The zero-order valence-corrected chi connectivity index (χ0v) is 21.0. The van der Waals surface area contributed by atoms with E-state index in [0.29, 0.717) is 21.7 Å². The Hall–Kier alpha value is -4.09. The van der Waals surface area contributed by atoms with Gasteiger partial charge in [0.15, 0.2) is 0 Å². The monoisotopic (exact) mass is 466 g/mol. The van der Waals surface area contributed by atoms with Gasteiger partial charge in [0.05, 0.1) is 0 Å². The molecule has 0 fully saturated rings. The molecule has 4 aromatic rings. The van der Waals surface area contributed by atoms with E-state index in [9.17, 15) is 4.79 Å². The molecule has 0 amide bonds. The van der Waals surface area contributed by atoms with E-state index in [2.05, 4.69) is 6.58 Å². The molecule has 4 aromatic carbocycles. The lowest BCUT2D eigenvalue weighted by molar-refractivity contribution is -0.201. The molecule has 0 aliphatic carbocycles. The first-order valence-electron chi connectivity index (χ1n) is 11.0. The molecule has 0 aliphatic rings. The van der Waals surface area contributed by atoms with Crippen molar-refractivity contribution in [2.24, 2.45) is 0 Å². The molecule has 0 saturated carbocycles. The highest BCUT2D eigenvalue weighted by molar-refractivity contribution is 6.15. The van der Waals surface area contributed by atoms with E-state index in [-0.39, 0.29) is 0 Å². The maximum atomic E-state index is 12.9. The predicted octanol–water partition coefficient (Wildman–Crippen LogP) is 4.84. The second-order valence-corrected chi connectivity index (χ2v) is 9.13. The van der Waals surface area contributed by atoms with Crippen molar-refractivity contribution >= 4 is 16.2 Å². The van der Waals surface area contributed by atoms with Crippen LogP contribution >= 0.6 is 0 Å². The van der Waals surface area contributed by atoms with Gasteiger partial charge in [-0.25, -0.2) is 4.79 Å². The minimum Gasteiger partial charge on any atom is -0.453 e. The van der Waals surface area contributed by atoms with Gasteiger partial charge in [0.2, 0.25) is 5.60 Å². The molecule has 0 N–H and O–H groups in total. The van der Waals surface area contributed by atoms with E-state index < -0.39 is 17.0 Å². The number of rotatable bonds is 9. The summed E-state index contributed by atoms with van der Waals surface area (Å²) in [5.74, 6) is 0.611. The van der Waals surface area contributed by atoms with Crippen LogP contribution in [-0.2, 0) is 15.1 Å². The average Bonchev–Trinajstić information content (AvgIpc) is 2.89. The van der Waals surface area contributed by atoms with Crippen molar-refractivity contribution in [3.8, 4) is 11.5 Å². The van der Waals surface area contributed by atoms with Gasteiger partial charge in [-0.15, -0.1) is 0 Å². The van der Waals surface area contributed by atoms with Gasteiger partial charge in [0.1, 0.15) is 21.7 Å². The molecule has 0 aliphatic heterocycles. The van der Waals surface area contributed by atoms with E-state index in [1.54, 1.807) is 0 Å². The van der Waals surface area contributed by atoms with Crippen molar-refractivity contribution in [3.05, 3.63) is 145 Å². The zero-order valence-electron chi connectivity index (χ0n) is 19.0. The Morgan fingerprint density at radius 1 is 0.647 bits per heavy atom. The van der Waals surface area contributed by atoms with E-state index in [1.807, 2.05) is 121 Å². The quantitative estimate of drug-likeness (QED) is 0.153. The van der Waals surface area contributed by atoms with E-state index in [4.69, 9.17) is 14.2 Å². The van der Waals surface area contributed by atoms with Crippen molar-refractivity contribution in [2.75, 3.05) is 0 Å². The molecule has 0 spiro atoms. The molecule has 4 rings (SSSR count). The molecular weight excluding hydrogens is 440 g/mol. The normalized spacial score (nSPS) is 11.4. The third kappa shape index (κ3) is 4.65. The Morgan fingerprint density at radius 2 is 1.00 bits per heavy atom. The number of esters is 1. The Kier molecular flexibility index (Phi) is 6.94. The molecule has 0 bridgehead atoms. The van der Waals surface area contributed by atoms with Gasteiger partial charge in [0.25, 0.3) is 5.41 Å². The summed E-state index contributed by atoms with van der Waals surface area (Å²) in [7, 11) is 0.317. The second-order valence-electron chi connectivity index (χ2n) is 7.81. The summed E-state index contributed by atoms with van der Waals surface area (Å²) in [6.07, 6.45) is 1.16. The fraction of sp³-hybridized carbons (Fsp3) is 0.0690. The largest absolute Gasteiger partial charge is 0.453 e. The van der Waals surface area contributed by atoms with Crippen LogP contribution in [0.15, 0.2) is 134 Å². The standard InChI is InChI=1S/C29H26O4Si/c1-2-27(30)33-28(23-15-7-3-8-16-23,24-17-9-4-10-18-24)29(34,31-25-19-11-5-12-20-25)32-26-21-13-6-14-22-26/h2-22H,1H2,34H3. The van der Waals surface area contributed by atoms with Crippen LogP contribution in [0.1, 0.15) is 11.1 Å². The smallest absolute Gasteiger partial charge is 0.331 e. The van der Waals surface area contributed by atoms with E-state index in [0.717, 1.165) is 17.2 Å². The maximum absolute atomic E-state index is 12.9. The van der Waals surface area contributed by atoms with E-state index >= 15 is 0 Å². The number of benzene rings is 4. The maximum Gasteiger partial charge on any atom is 0.331 e. The number of carbonyl (C=O) groups excluding carboxylic acids is 1. The molecule has 0 aromatic heterocycles. The van der Waals surface area contributed by atoms with E-state index in [1.165, 1.54) is 0 Å². The highest BCUT2D eigenvalue weighted by Gasteiger charge is 2.58. The summed E-state index contributed by atoms with van der Waals surface area (Å²) in [6, 6.07) is 37.9. The molecule has 0 saturated heterocycles. The highest BCUT2D eigenvalue weighted by Crippen LogP contribution is 2.45. The lowest BCUT2D eigenvalue weighted by Gasteiger charge is -2.47. The van der Waals surface area contributed by atoms with Crippen LogP contribution in [0, 0.1) is 0 Å². The molecule has 34 heavy (non-hydrogen) atoms. The fourth-order valence-electron chi connectivity index (χ4n) is 4.03. The van der Waals surface area contributed by atoms with Crippen LogP contribution in [0.25, 0.3) is 0 Å². The number of hydrogen-bond acceptors (Lipinski definition) is 4. The Morgan fingerprint density at radius 3 is 1.35 bits per heavy atom. The van der Waals surface area contributed by atoms with Gasteiger partial charge in [-0.3, -0.25) is 0 Å². The second kappa shape index (κ2) is 10.2. The van der Waals surface area contributed by atoms with Crippen molar-refractivity contribution in [3.63, 3.8) is 0 Å². The number of ether oxygens (including phenoxy) is 3.